The molecule has 3 aromatic carbocycles. The van der Waals surface area contributed by atoms with E-state index in [0.717, 1.165) is 21.8 Å². The van der Waals surface area contributed by atoms with Crippen LogP contribution >= 0.6 is 0 Å². The number of carbonyl (C=O) groups excluding carboxylic acids is 2. The van der Waals surface area contributed by atoms with Crippen molar-refractivity contribution in [3.8, 4) is 0 Å². The van der Waals surface area contributed by atoms with Gasteiger partial charge in [-0.15, -0.1) is 0 Å². The molecule has 0 atom stereocenters. The molecule has 0 unspecified atom stereocenters. The fourth-order valence-corrected chi connectivity index (χ4v) is 3.48. The smallest absolute Gasteiger partial charge is 0.267 e. The zero-order chi connectivity index (χ0) is 16.3. The summed E-state index contributed by atoms with van der Waals surface area (Å²) in [5.74, 6) is -0.579. The maximum absolute atomic E-state index is 12.9. The number of para-hydroxylation sites is 2. The van der Waals surface area contributed by atoms with Gasteiger partial charge in [-0.05, 0) is 24.3 Å². The molecular formula is C20H12N2O2. The molecule has 4 heteroatoms. The molecule has 4 nitrogen and oxygen atoms in total. The van der Waals surface area contributed by atoms with Gasteiger partial charge in [-0.1, -0.05) is 48.5 Å². The Kier molecular flexibility index (Phi) is 2.48. The minimum absolute atomic E-state index is 0.290. The third-order valence-electron chi connectivity index (χ3n) is 4.53. The quantitative estimate of drug-likeness (QED) is 0.503. The Hall–Kier alpha value is -3.40. The highest BCUT2D eigenvalue weighted by atomic mass is 16.2. The molecule has 1 aromatic heterocycles. The van der Waals surface area contributed by atoms with Crippen LogP contribution in [0.2, 0.25) is 0 Å². The van der Waals surface area contributed by atoms with Crippen LogP contribution in [0.5, 0.6) is 0 Å². The van der Waals surface area contributed by atoms with Crippen LogP contribution in [-0.2, 0) is 0 Å². The van der Waals surface area contributed by atoms with E-state index in [-0.39, 0.29) is 11.8 Å². The second-order valence-corrected chi connectivity index (χ2v) is 5.81. The summed E-state index contributed by atoms with van der Waals surface area (Å²) in [7, 11) is 0. The van der Waals surface area contributed by atoms with Crippen molar-refractivity contribution < 1.29 is 9.59 Å². The number of hydrogen-bond donors (Lipinski definition) is 0. The maximum Gasteiger partial charge on any atom is 0.281 e. The molecule has 1 aliphatic rings. The maximum atomic E-state index is 12.9. The molecule has 0 spiro atoms. The predicted molar refractivity (Wildman–Crippen MR) is 92.8 cm³/mol. The first kappa shape index (κ1) is 13.1. The Morgan fingerprint density at radius 3 is 1.46 bits per heavy atom. The van der Waals surface area contributed by atoms with Crippen molar-refractivity contribution in [2.45, 2.75) is 0 Å². The van der Waals surface area contributed by atoms with Gasteiger partial charge in [-0.2, -0.15) is 5.01 Å². The summed E-state index contributed by atoms with van der Waals surface area (Å²) in [4.78, 5) is 25.8. The first-order valence-corrected chi connectivity index (χ1v) is 7.73. The van der Waals surface area contributed by atoms with E-state index in [2.05, 4.69) is 0 Å². The number of aromatic nitrogens is 1. The number of carbonyl (C=O) groups is 2. The fraction of sp³-hybridized carbons (Fsp3) is 0. The van der Waals surface area contributed by atoms with Crippen LogP contribution < -0.4 is 5.01 Å². The topological polar surface area (TPSA) is 42.3 Å². The second kappa shape index (κ2) is 4.55. The molecule has 5 rings (SSSR count). The minimum Gasteiger partial charge on any atom is -0.267 e. The lowest BCUT2D eigenvalue weighted by Gasteiger charge is -2.18. The zero-order valence-corrected chi connectivity index (χ0v) is 12.6. The van der Waals surface area contributed by atoms with Gasteiger partial charge < -0.3 is 0 Å². The number of imide groups is 1. The van der Waals surface area contributed by atoms with Gasteiger partial charge in [0.25, 0.3) is 11.8 Å². The first-order chi connectivity index (χ1) is 11.8. The third-order valence-corrected chi connectivity index (χ3v) is 4.53. The molecule has 1 aliphatic heterocycles. The van der Waals surface area contributed by atoms with E-state index in [1.807, 2.05) is 48.5 Å². The van der Waals surface area contributed by atoms with E-state index in [1.54, 1.807) is 28.9 Å². The SMILES string of the molecule is O=C1c2ccccc2C(=O)N1n1c2ccccc2c2ccccc21. The monoisotopic (exact) mass is 312 g/mol. The minimum atomic E-state index is -0.290. The number of hydrogen-bond acceptors (Lipinski definition) is 2. The Morgan fingerprint density at radius 2 is 0.958 bits per heavy atom. The van der Waals surface area contributed by atoms with Crippen molar-refractivity contribution in [2.24, 2.45) is 0 Å². The summed E-state index contributed by atoms with van der Waals surface area (Å²) < 4.78 is 1.73. The van der Waals surface area contributed by atoms with Gasteiger partial charge in [0.05, 0.1) is 22.2 Å². The summed E-state index contributed by atoms with van der Waals surface area (Å²) in [5.41, 5.74) is 2.58. The van der Waals surface area contributed by atoms with Crippen LogP contribution in [0.4, 0.5) is 0 Å². The van der Waals surface area contributed by atoms with Gasteiger partial charge in [0.15, 0.2) is 0 Å². The Balaban J connectivity index is 1.87. The van der Waals surface area contributed by atoms with E-state index in [4.69, 9.17) is 0 Å². The molecule has 0 saturated carbocycles. The molecule has 0 N–H and O–H groups in total. The molecule has 0 bridgehead atoms. The second-order valence-electron chi connectivity index (χ2n) is 5.81. The highest BCUT2D eigenvalue weighted by Crippen LogP contribution is 2.32. The van der Waals surface area contributed by atoms with Gasteiger partial charge in [0, 0.05) is 10.8 Å². The average molecular weight is 312 g/mol. The van der Waals surface area contributed by atoms with Crippen LogP contribution in [0.25, 0.3) is 21.8 Å². The number of rotatable bonds is 1. The first-order valence-electron chi connectivity index (χ1n) is 7.73. The molecular weight excluding hydrogens is 300 g/mol. The zero-order valence-electron chi connectivity index (χ0n) is 12.6. The molecule has 0 saturated heterocycles. The van der Waals surface area contributed by atoms with Gasteiger partial charge in [-0.3, -0.25) is 9.59 Å². The van der Waals surface area contributed by atoms with E-state index in [9.17, 15) is 9.59 Å². The molecule has 2 amide bonds. The largest absolute Gasteiger partial charge is 0.281 e. The third kappa shape index (κ3) is 1.52. The van der Waals surface area contributed by atoms with E-state index in [1.165, 1.54) is 5.01 Å². The molecule has 114 valence electrons. The van der Waals surface area contributed by atoms with Crippen molar-refractivity contribution >= 4 is 33.6 Å². The van der Waals surface area contributed by atoms with Crippen LogP contribution in [0.3, 0.4) is 0 Å². The normalized spacial score (nSPS) is 13.9. The van der Waals surface area contributed by atoms with Crippen molar-refractivity contribution in [3.05, 3.63) is 83.9 Å². The number of amides is 2. The lowest BCUT2D eigenvalue weighted by Crippen LogP contribution is -2.39. The fourth-order valence-electron chi connectivity index (χ4n) is 3.48. The molecule has 0 radical (unpaired) electrons. The van der Waals surface area contributed by atoms with Crippen molar-refractivity contribution in [1.82, 2.24) is 4.68 Å². The number of benzene rings is 3. The van der Waals surface area contributed by atoms with Gasteiger partial charge in [-0.25, -0.2) is 4.68 Å². The van der Waals surface area contributed by atoms with Crippen molar-refractivity contribution in [3.63, 3.8) is 0 Å². The summed E-state index contributed by atoms with van der Waals surface area (Å²) in [5, 5.41) is 3.28. The van der Waals surface area contributed by atoms with Crippen LogP contribution in [-0.4, -0.2) is 16.5 Å². The highest BCUT2D eigenvalue weighted by molar-refractivity contribution is 6.31. The standard InChI is InChI=1S/C20H12N2O2/c23-19-15-9-1-2-10-16(15)20(24)22(19)21-17-11-5-3-7-13(17)14-8-4-6-12-18(14)21/h1-12H. The van der Waals surface area contributed by atoms with Gasteiger partial charge in [0.2, 0.25) is 0 Å². The summed E-state index contributed by atoms with van der Waals surface area (Å²) >= 11 is 0. The van der Waals surface area contributed by atoms with Gasteiger partial charge >= 0.3 is 0 Å². The van der Waals surface area contributed by atoms with E-state index >= 15 is 0 Å². The van der Waals surface area contributed by atoms with Crippen LogP contribution in [0.1, 0.15) is 20.7 Å². The lowest BCUT2D eigenvalue weighted by molar-refractivity contribution is 0.0890. The Bertz CT molecular complexity index is 1070. The molecule has 4 aromatic rings. The summed E-state index contributed by atoms with van der Waals surface area (Å²) in [6, 6.07) is 22.6. The van der Waals surface area contributed by atoms with Crippen LogP contribution in [0, 0.1) is 0 Å². The molecule has 0 aliphatic carbocycles. The molecule has 2 heterocycles. The number of nitrogens with zero attached hydrogens (tertiary/aromatic N) is 2. The van der Waals surface area contributed by atoms with E-state index in [0.29, 0.717) is 11.1 Å². The summed E-state index contributed by atoms with van der Waals surface area (Å²) in [6.07, 6.45) is 0. The number of fused-ring (bicyclic) bond motifs is 4. The van der Waals surface area contributed by atoms with Crippen LogP contribution in [0.15, 0.2) is 72.8 Å². The Labute approximate surface area is 137 Å². The predicted octanol–water partition coefficient (Wildman–Crippen LogP) is 3.73. The van der Waals surface area contributed by atoms with Gasteiger partial charge in [0.1, 0.15) is 0 Å². The average Bonchev–Trinajstić information content (AvgIpc) is 3.08. The van der Waals surface area contributed by atoms with Crippen molar-refractivity contribution in [2.75, 3.05) is 5.01 Å². The molecule has 24 heavy (non-hydrogen) atoms. The van der Waals surface area contributed by atoms with E-state index < -0.39 is 0 Å². The summed E-state index contributed by atoms with van der Waals surface area (Å²) in [6.45, 7) is 0. The highest BCUT2D eigenvalue weighted by Gasteiger charge is 2.38. The lowest BCUT2D eigenvalue weighted by atomic mass is 10.1. The van der Waals surface area contributed by atoms with Crippen molar-refractivity contribution in [1.29, 1.82) is 0 Å². The Morgan fingerprint density at radius 1 is 0.542 bits per heavy atom. The molecule has 0 fully saturated rings.